The maximum Gasteiger partial charge on any atom is 0.274 e. The van der Waals surface area contributed by atoms with E-state index >= 15 is 0 Å². The van der Waals surface area contributed by atoms with E-state index in [4.69, 9.17) is 0 Å². The molecule has 110 valence electrons. The summed E-state index contributed by atoms with van der Waals surface area (Å²) in [5.41, 5.74) is 5.33. The van der Waals surface area contributed by atoms with Crippen molar-refractivity contribution in [1.82, 2.24) is 0 Å². The first-order valence-corrected chi connectivity index (χ1v) is 7.42. The lowest BCUT2D eigenvalue weighted by Crippen LogP contribution is -2.06. The van der Waals surface area contributed by atoms with Gasteiger partial charge in [-0.05, 0) is 44.0 Å². The fourth-order valence-electron chi connectivity index (χ4n) is 2.52. The summed E-state index contributed by atoms with van der Waals surface area (Å²) in [6.07, 6.45) is 0. The van der Waals surface area contributed by atoms with Crippen molar-refractivity contribution in [2.75, 3.05) is 5.32 Å². The van der Waals surface area contributed by atoms with Crippen molar-refractivity contribution in [3.8, 4) is 0 Å². The fraction of sp³-hybridized carbons (Fsp3) is 0.250. The van der Waals surface area contributed by atoms with Gasteiger partial charge in [-0.1, -0.05) is 33.6 Å². The smallest absolute Gasteiger partial charge is 0.274 e. The van der Waals surface area contributed by atoms with Gasteiger partial charge >= 0.3 is 0 Å². The number of rotatable bonds is 4. The Labute approximate surface area is 132 Å². The topological polar surface area (TPSA) is 55.2 Å². The van der Waals surface area contributed by atoms with Crippen molar-refractivity contribution >= 4 is 27.3 Å². The molecule has 0 atom stereocenters. The number of aryl methyl sites for hydroxylation is 3. The van der Waals surface area contributed by atoms with E-state index in [0.717, 1.165) is 21.3 Å². The summed E-state index contributed by atoms with van der Waals surface area (Å²) in [5, 5.41) is 14.4. The molecule has 21 heavy (non-hydrogen) atoms. The highest BCUT2D eigenvalue weighted by molar-refractivity contribution is 9.10. The van der Waals surface area contributed by atoms with Crippen LogP contribution in [0.3, 0.4) is 0 Å². The third-order valence-electron chi connectivity index (χ3n) is 3.37. The van der Waals surface area contributed by atoms with Crippen molar-refractivity contribution in [3.63, 3.8) is 0 Å². The summed E-state index contributed by atoms with van der Waals surface area (Å²) in [7, 11) is 0. The van der Waals surface area contributed by atoms with Crippen molar-refractivity contribution in [1.29, 1.82) is 0 Å². The highest BCUT2D eigenvalue weighted by Gasteiger charge is 2.14. The van der Waals surface area contributed by atoms with Gasteiger partial charge in [0.1, 0.15) is 0 Å². The van der Waals surface area contributed by atoms with Gasteiger partial charge in [0.15, 0.2) is 0 Å². The molecule has 0 amide bonds. The van der Waals surface area contributed by atoms with Gasteiger partial charge in [0.2, 0.25) is 0 Å². The lowest BCUT2D eigenvalue weighted by atomic mass is 10.0. The standard InChI is InChI=1S/C16H17BrN2O2/c1-10-6-11(2)16(12(3)7-10)18-9-13-8-14(17)4-5-15(13)19(20)21/h4-8,18H,9H2,1-3H3. The zero-order valence-electron chi connectivity index (χ0n) is 12.2. The van der Waals surface area contributed by atoms with Crippen LogP contribution >= 0.6 is 15.9 Å². The average Bonchev–Trinajstić information content (AvgIpc) is 2.37. The molecule has 5 heteroatoms. The molecule has 0 fully saturated rings. The van der Waals surface area contributed by atoms with Crippen LogP contribution in [0.5, 0.6) is 0 Å². The minimum atomic E-state index is -0.349. The molecule has 0 bridgehead atoms. The number of benzene rings is 2. The van der Waals surface area contributed by atoms with Crippen LogP contribution in [0.4, 0.5) is 11.4 Å². The van der Waals surface area contributed by atoms with Crippen LogP contribution in [0, 0.1) is 30.9 Å². The Kier molecular flexibility index (Phi) is 4.63. The molecular formula is C16H17BrN2O2. The summed E-state index contributed by atoms with van der Waals surface area (Å²) < 4.78 is 0.835. The SMILES string of the molecule is Cc1cc(C)c(NCc2cc(Br)ccc2[N+](=O)[O-])c(C)c1. The quantitative estimate of drug-likeness (QED) is 0.631. The summed E-state index contributed by atoms with van der Waals surface area (Å²) in [4.78, 5) is 10.7. The Morgan fingerprint density at radius 1 is 1.14 bits per heavy atom. The van der Waals surface area contributed by atoms with Gasteiger partial charge in [0.05, 0.1) is 4.92 Å². The van der Waals surface area contributed by atoms with E-state index in [1.54, 1.807) is 12.1 Å². The van der Waals surface area contributed by atoms with Gasteiger partial charge < -0.3 is 5.32 Å². The van der Waals surface area contributed by atoms with E-state index in [-0.39, 0.29) is 10.6 Å². The van der Waals surface area contributed by atoms with Crippen LogP contribution in [0.15, 0.2) is 34.8 Å². The summed E-state index contributed by atoms with van der Waals surface area (Å²) >= 11 is 3.36. The maximum atomic E-state index is 11.1. The Morgan fingerprint density at radius 2 is 1.76 bits per heavy atom. The van der Waals surface area contributed by atoms with Crippen molar-refractivity contribution in [2.24, 2.45) is 0 Å². The monoisotopic (exact) mass is 348 g/mol. The first kappa shape index (κ1) is 15.5. The molecule has 0 aliphatic rings. The zero-order chi connectivity index (χ0) is 15.6. The van der Waals surface area contributed by atoms with Gasteiger partial charge in [0, 0.05) is 28.3 Å². The molecular weight excluding hydrogens is 332 g/mol. The molecule has 0 heterocycles. The lowest BCUT2D eigenvalue weighted by Gasteiger charge is -2.14. The van der Waals surface area contributed by atoms with Crippen LogP contribution < -0.4 is 5.32 Å². The number of hydrogen-bond acceptors (Lipinski definition) is 3. The fourth-order valence-corrected chi connectivity index (χ4v) is 2.92. The largest absolute Gasteiger partial charge is 0.380 e. The number of nitro benzene ring substituents is 1. The maximum absolute atomic E-state index is 11.1. The van der Waals surface area contributed by atoms with E-state index in [1.807, 2.05) is 13.8 Å². The number of nitro groups is 1. The number of halogens is 1. The summed E-state index contributed by atoms with van der Waals surface area (Å²) in [6.45, 7) is 6.55. The van der Waals surface area contributed by atoms with Gasteiger partial charge in [-0.15, -0.1) is 0 Å². The molecule has 0 unspecified atom stereocenters. The van der Waals surface area contributed by atoms with Crippen molar-refractivity contribution in [3.05, 3.63) is 67.2 Å². The van der Waals surface area contributed by atoms with Crippen molar-refractivity contribution in [2.45, 2.75) is 27.3 Å². The predicted octanol–water partition coefficient (Wildman–Crippen LogP) is 4.89. The van der Waals surface area contributed by atoms with E-state index in [9.17, 15) is 10.1 Å². The second kappa shape index (κ2) is 6.26. The molecule has 0 saturated carbocycles. The summed E-state index contributed by atoms with van der Waals surface area (Å²) in [6, 6.07) is 9.19. The third-order valence-corrected chi connectivity index (χ3v) is 3.86. The highest BCUT2D eigenvalue weighted by atomic mass is 79.9. The van der Waals surface area contributed by atoms with E-state index < -0.39 is 0 Å². The van der Waals surface area contributed by atoms with Gasteiger partial charge in [-0.2, -0.15) is 0 Å². The second-order valence-electron chi connectivity index (χ2n) is 5.16. The van der Waals surface area contributed by atoms with E-state index in [2.05, 4.69) is 40.3 Å². The molecule has 2 aromatic rings. The number of nitrogens with one attached hydrogen (secondary N) is 1. The first-order valence-electron chi connectivity index (χ1n) is 6.63. The Hall–Kier alpha value is -1.88. The average molecular weight is 349 g/mol. The molecule has 0 spiro atoms. The Bertz CT molecular complexity index is 676. The molecule has 0 aliphatic heterocycles. The zero-order valence-corrected chi connectivity index (χ0v) is 13.8. The van der Waals surface area contributed by atoms with Crippen LogP contribution in [-0.4, -0.2) is 4.92 Å². The normalized spacial score (nSPS) is 10.5. The molecule has 0 aliphatic carbocycles. The minimum absolute atomic E-state index is 0.133. The molecule has 1 N–H and O–H groups in total. The van der Waals surface area contributed by atoms with Gasteiger partial charge in [-0.3, -0.25) is 10.1 Å². The van der Waals surface area contributed by atoms with Crippen molar-refractivity contribution < 1.29 is 4.92 Å². The second-order valence-corrected chi connectivity index (χ2v) is 6.07. The Morgan fingerprint density at radius 3 is 2.33 bits per heavy atom. The van der Waals surface area contributed by atoms with E-state index in [0.29, 0.717) is 12.1 Å². The number of anilines is 1. The van der Waals surface area contributed by atoms with Crippen LogP contribution in [0.25, 0.3) is 0 Å². The van der Waals surface area contributed by atoms with Crippen LogP contribution in [0.1, 0.15) is 22.3 Å². The molecule has 2 aromatic carbocycles. The summed E-state index contributed by atoms with van der Waals surface area (Å²) in [5.74, 6) is 0. The Balaban J connectivity index is 2.28. The number of hydrogen-bond donors (Lipinski definition) is 1. The lowest BCUT2D eigenvalue weighted by molar-refractivity contribution is -0.385. The first-order chi connectivity index (χ1) is 9.88. The molecule has 0 radical (unpaired) electrons. The van der Waals surface area contributed by atoms with Gasteiger partial charge in [-0.25, -0.2) is 0 Å². The molecule has 0 aromatic heterocycles. The van der Waals surface area contributed by atoms with Gasteiger partial charge in [0.25, 0.3) is 5.69 Å². The third kappa shape index (κ3) is 3.61. The van der Waals surface area contributed by atoms with Crippen LogP contribution in [0.2, 0.25) is 0 Å². The highest BCUT2D eigenvalue weighted by Crippen LogP contribution is 2.26. The minimum Gasteiger partial charge on any atom is -0.380 e. The molecule has 2 rings (SSSR count). The molecule has 4 nitrogen and oxygen atoms in total. The number of nitrogens with zero attached hydrogens (tertiary/aromatic N) is 1. The van der Waals surface area contributed by atoms with Crippen LogP contribution in [-0.2, 0) is 6.54 Å². The van der Waals surface area contributed by atoms with E-state index in [1.165, 1.54) is 11.6 Å². The molecule has 0 saturated heterocycles. The predicted molar refractivity (Wildman–Crippen MR) is 88.8 cm³/mol.